The molecule has 11 heteroatoms. The number of likely N-dealkylation sites (tertiary alicyclic amines) is 2. The molecule has 1 N–H and O–H groups in total. The highest BCUT2D eigenvalue weighted by molar-refractivity contribution is 6.30. The molecule has 2 aliphatic rings. The summed E-state index contributed by atoms with van der Waals surface area (Å²) in [7, 11) is 1.60. The molecule has 2 fully saturated rings. The van der Waals surface area contributed by atoms with Crippen LogP contribution in [0, 0.1) is 0 Å². The fraction of sp³-hybridized carbons (Fsp3) is 0.359. The quantitative estimate of drug-likeness (QED) is 0.240. The van der Waals surface area contributed by atoms with Crippen LogP contribution in [0.25, 0.3) is 11.0 Å². The van der Waals surface area contributed by atoms with Crippen molar-refractivity contribution in [3.8, 4) is 0 Å². The van der Waals surface area contributed by atoms with Crippen molar-refractivity contribution in [2.45, 2.75) is 64.0 Å². The van der Waals surface area contributed by atoms with Gasteiger partial charge in [-0.2, -0.15) is 0 Å². The van der Waals surface area contributed by atoms with E-state index in [2.05, 4.69) is 17.4 Å². The van der Waals surface area contributed by atoms with Gasteiger partial charge in [-0.1, -0.05) is 48.0 Å². The van der Waals surface area contributed by atoms with E-state index >= 15 is 0 Å². The summed E-state index contributed by atoms with van der Waals surface area (Å²) in [4.78, 5) is 70.3. The highest BCUT2D eigenvalue weighted by Gasteiger charge is 2.32. The first-order valence-corrected chi connectivity index (χ1v) is 17.5. The Labute approximate surface area is 296 Å². The second kappa shape index (κ2) is 15.3. The first-order chi connectivity index (χ1) is 24.1. The van der Waals surface area contributed by atoms with Crippen LogP contribution in [0.2, 0.25) is 5.02 Å². The lowest BCUT2D eigenvalue weighted by molar-refractivity contribution is -0.135. The summed E-state index contributed by atoms with van der Waals surface area (Å²) in [6, 6.07) is 20.3. The van der Waals surface area contributed by atoms with E-state index in [1.54, 1.807) is 42.3 Å². The van der Waals surface area contributed by atoms with Crippen LogP contribution in [0.5, 0.6) is 0 Å². The number of rotatable bonds is 9. The van der Waals surface area contributed by atoms with Gasteiger partial charge in [0.15, 0.2) is 11.2 Å². The molecule has 1 aromatic heterocycles. The molecule has 4 aromatic rings. The van der Waals surface area contributed by atoms with Gasteiger partial charge in [0.25, 0.3) is 5.91 Å². The van der Waals surface area contributed by atoms with Crippen LogP contribution in [-0.2, 0) is 27.3 Å². The molecule has 3 aromatic carbocycles. The van der Waals surface area contributed by atoms with Crippen LogP contribution in [0.15, 0.2) is 82.0 Å². The summed E-state index contributed by atoms with van der Waals surface area (Å²) in [6.07, 6.45) is 4.28. The molecule has 0 spiro atoms. The van der Waals surface area contributed by atoms with Gasteiger partial charge in [0.1, 0.15) is 11.6 Å². The van der Waals surface area contributed by atoms with Crippen molar-refractivity contribution < 1.29 is 23.6 Å². The fourth-order valence-electron chi connectivity index (χ4n) is 6.87. The maximum atomic E-state index is 14.1. The molecule has 260 valence electrons. The van der Waals surface area contributed by atoms with Gasteiger partial charge >= 0.3 is 0 Å². The second-order valence-corrected chi connectivity index (χ2v) is 13.6. The number of nitrogens with zero attached hydrogens (tertiary/aromatic N) is 3. The van der Waals surface area contributed by atoms with Gasteiger partial charge in [0, 0.05) is 69.8 Å². The van der Waals surface area contributed by atoms with E-state index < -0.39 is 17.4 Å². The van der Waals surface area contributed by atoms with Crippen molar-refractivity contribution in [1.82, 2.24) is 15.1 Å². The normalized spacial score (nSPS) is 15.9. The zero-order valence-corrected chi connectivity index (χ0v) is 29.1. The number of amides is 4. The van der Waals surface area contributed by atoms with Crippen molar-refractivity contribution in [2.75, 3.05) is 31.6 Å². The first-order valence-electron chi connectivity index (χ1n) is 17.1. The summed E-state index contributed by atoms with van der Waals surface area (Å²) in [5.41, 5.74) is 3.45. The van der Waals surface area contributed by atoms with E-state index in [1.807, 2.05) is 29.2 Å². The van der Waals surface area contributed by atoms with Gasteiger partial charge in [-0.3, -0.25) is 24.0 Å². The maximum absolute atomic E-state index is 14.1. The van der Waals surface area contributed by atoms with Crippen LogP contribution >= 0.6 is 11.6 Å². The summed E-state index contributed by atoms with van der Waals surface area (Å²) < 4.78 is 5.84. The molecule has 0 radical (unpaired) electrons. The average molecular weight is 697 g/mol. The lowest BCUT2D eigenvalue weighted by Crippen LogP contribution is -2.51. The van der Waals surface area contributed by atoms with Crippen molar-refractivity contribution in [2.24, 2.45) is 0 Å². The zero-order chi connectivity index (χ0) is 35.4. The number of hydrogen-bond donors (Lipinski definition) is 1. The predicted octanol–water partition coefficient (Wildman–Crippen LogP) is 5.69. The lowest BCUT2D eigenvalue weighted by Gasteiger charge is -2.36. The smallest absolute Gasteiger partial charge is 0.287 e. The molecule has 50 heavy (non-hydrogen) atoms. The average Bonchev–Trinajstić information content (AvgIpc) is 3.12. The van der Waals surface area contributed by atoms with Crippen molar-refractivity contribution in [3.63, 3.8) is 0 Å². The van der Waals surface area contributed by atoms with Crippen LogP contribution in [-0.4, -0.2) is 66.2 Å². The Hall–Kier alpha value is -4.96. The van der Waals surface area contributed by atoms with E-state index in [1.165, 1.54) is 17.4 Å². The third-order valence-electron chi connectivity index (χ3n) is 9.83. The van der Waals surface area contributed by atoms with Gasteiger partial charge in [0.05, 0.1) is 5.39 Å². The number of nitrogens with one attached hydrogen (secondary N) is 1. The van der Waals surface area contributed by atoms with Crippen LogP contribution in [0.3, 0.4) is 0 Å². The van der Waals surface area contributed by atoms with Crippen molar-refractivity contribution >= 4 is 51.9 Å². The summed E-state index contributed by atoms with van der Waals surface area (Å²) in [6.45, 7) is 3.82. The fourth-order valence-corrected chi connectivity index (χ4v) is 7.00. The number of carbonyl (C=O) groups is 4. The van der Waals surface area contributed by atoms with Gasteiger partial charge in [-0.05, 0) is 78.6 Å². The van der Waals surface area contributed by atoms with Crippen molar-refractivity contribution in [1.29, 1.82) is 0 Å². The topological polar surface area (TPSA) is 120 Å². The Bertz CT molecular complexity index is 1970. The summed E-state index contributed by atoms with van der Waals surface area (Å²) in [5, 5.41) is 3.63. The minimum atomic E-state index is -0.926. The first kappa shape index (κ1) is 34.9. The molecule has 0 aliphatic carbocycles. The molecule has 3 heterocycles. The Morgan fingerprint density at radius 3 is 2.42 bits per heavy atom. The zero-order valence-electron chi connectivity index (χ0n) is 28.3. The summed E-state index contributed by atoms with van der Waals surface area (Å²) >= 11 is 6.11. The number of hydrogen-bond acceptors (Lipinski definition) is 6. The molecule has 0 bridgehead atoms. The molecular weight excluding hydrogens is 656 g/mol. The summed E-state index contributed by atoms with van der Waals surface area (Å²) in [5.74, 6) is -0.874. The monoisotopic (exact) mass is 696 g/mol. The molecule has 2 aliphatic heterocycles. The SMILES string of the molecule is CC(=O)N(C)c1ccc2oc(C(=O)N[C@H](Cc3ccc(Cl)cc3)C(=O)N3CCC(c4ccccc4CN4CCCCC4=O)CC3)cc(=O)c2c1. The van der Waals surface area contributed by atoms with E-state index in [-0.39, 0.29) is 46.8 Å². The highest BCUT2D eigenvalue weighted by Crippen LogP contribution is 2.32. The third kappa shape index (κ3) is 7.91. The van der Waals surface area contributed by atoms with Gasteiger partial charge in [-0.25, -0.2) is 0 Å². The number of halogens is 1. The van der Waals surface area contributed by atoms with Gasteiger partial charge < -0.3 is 24.4 Å². The second-order valence-electron chi connectivity index (χ2n) is 13.2. The van der Waals surface area contributed by atoms with E-state index in [4.69, 9.17) is 16.0 Å². The molecule has 10 nitrogen and oxygen atoms in total. The predicted molar refractivity (Wildman–Crippen MR) is 192 cm³/mol. The number of fused-ring (bicyclic) bond motifs is 1. The largest absolute Gasteiger partial charge is 0.451 e. The lowest BCUT2D eigenvalue weighted by atomic mass is 9.86. The Kier molecular flexibility index (Phi) is 10.7. The number of benzene rings is 3. The van der Waals surface area contributed by atoms with Gasteiger partial charge in [-0.15, -0.1) is 0 Å². The maximum Gasteiger partial charge on any atom is 0.287 e. The molecule has 0 unspecified atom stereocenters. The minimum Gasteiger partial charge on any atom is -0.451 e. The van der Waals surface area contributed by atoms with Gasteiger partial charge in [0.2, 0.25) is 17.7 Å². The standard InChI is InChI=1S/C39H41ClN4O6/c1-25(45)42(2)30-14-15-35-32(22-30)34(46)23-36(50-35)38(48)41-33(21-26-10-12-29(40)13-11-26)39(49)43-19-16-27(17-20-43)31-8-4-3-7-28(31)24-44-18-6-5-9-37(44)47/h3-4,7-8,10-15,22-23,27,33H,5-6,9,16-21,24H2,1-2H3,(H,41,48)/t33-/m1/s1. The molecule has 2 saturated heterocycles. The Morgan fingerprint density at radius 1 is 0.960 bits per heavy atom. The number of carbonyl (C=O) groups excluding carboxylic acids is 4. The molecule has 4 amide bonds. The van der Waals surface area contributed by atoms with Crippen LogP contribution in [0.1, 0.15) is 72.2 Å². The highest BCUT2D eigenvalue weighted by atomic mass is 35.5. The number of anilines is 1. The van der Waals surface area contributed by atoms with Crippen LogP contribution in [0.4, 0.5) is 5.69 Å². The Balaban J connectivity index is 1.18. The molecule has 1 atom stereocenters. The molecule has 0 saturated carbocycles. The van der Waals surface area contributed by atoms with E-state index in [0.717, 1.165) is 49.4 Å². The van der Waals surface area contributed by atoms with Crippen LogP contribution < -0.4 is 15.6 Å². The van der Waals surface area contributed by atoms with E-state index in [9.17, 15) is 24.0 Å². The molecule has 6 rings (SSSR count). The number of piperidine rings is 2. The third-order valence-corrected chi connectivity index (χ3v) is 10.1. The van der Waals surface area contributed by atoms with Crippen molar-refractivity contribution in [3.05, 3.63) is 110 Å². The van der Waals surface area contributed by atoms with E-state index in [0.29, 0.717) is 36.8 Å². The minimum absolute atomic E-state index is 0.191. The molecular formula is C39H41ClN4O6. The Morgan fingerprint density at radius 2 is 1.70 bits per heavy atom.